The first-order chi connectivity index (χ1) is 13.7. The van der Waals surface area contributed by atoms with Crippen LogP contribution < -0.4 is 5.32 Å². The van der Waals surface area contributed by atoms with Gasteiger partial charge in [-0.1, -0.05) is 12.1 Å². The Morgan fingerprint density at radius 3 is 2.59 bits per heavy atom. The van der Waals surface area contributed by atoms with Crippen LogP contribution in [0.3, 0.4) is 0 Å². The van der Waals surface area contributed by atoms with E-state index in [0.717, 1.165) is 15.3 Å². The molecule has 3 rings (SSSR count). The van der Waals surface area contributed by atoms with E-state index in [1.807, 2.05) is 17.4 Å². The second-order valence-electron chi connectivity index (χ2n) is 6.56. The van der Waals surface area contributed by atoms with Gasteiger partial charge in [-0.2, -0.15) is 13.2 Å². The largest absolute Gasteiger partial charge is 0.405 e. The van der Waals surface area contributed by atoms with Crippen LogP contribution in [0, 0.1) is 5.82 Å². The summed E-state index contributed by atoms with van der Waals surface area (Å²) < 4.78 is 49.9. The zero-order chi connectivity index (χ0) is 21.0. The smallest absolute Gasteiger partial charge is 0.345 e. The molecule has 9 heteroatoms. The number of amides is 2. The predicted octanol–water partition coefficient (Wildman–Crippen LogP) is 4.24. The first-order valence-corrected chi connectivity index (χ1v) is 9.73. The summed E-state index contributed by atoms with van der Waals surface area (Å²) in [5.41, 5.74) is 0.850. The van der Waals surface area contributed by atoms with Crippen molar-refractivity contribution in [3.8, 4) is 10.4 Å². The fraction of sp³-hybridized carbons (Fsp3) is 0.300. The van der Waals surface area contributed by atoms with Crippen molar-refractivity contribution < 1.29 is 27.2 Å². The summed E-state index contributed by atoms with van der Waals surface area (Å²) in [5, 5.41) is 1.84. The van der Waals surface area contributed by atoms with Gasteiger partial charge in [0.05, 0.1) is 0 Å². The van der Waals surface area contributed by atoms with Crippen LogP contribution in [0.15, 0.2) is 42.5 Å². The van der Waals surface area contributed by atoms with E-state index < -0.39 is 30.6 Å². The van der Waals surface area contributed by atoms with Gasteiger partial charge in [0, 0.05) is 22.4 Å². The zero-order valence-electron chi connectivity index (χ0n) is 15.2. The Balaban J connectivity index is 1.62. The summed E-state index contributed by atoms with van der Waals surface area (Å²) in [4.78, 5) is 27.4. The molecule has 0 aliphatic carbocycles. The molecule has 154 valence electrons. The number of benzene rings is 1. The summed E-state index contributed by atoms with van der Waals surface area (Å²) in [7, 11) is 0. The number of halogens is 4. The van der Waals surface area contributed by atoms with Crippen LogP contribution in [-0.2, 0) is 9.59 Å². The van der Waals surface area contributed by atoms with E-state index in [-0.39, 0.29) is 5.82 Å². The minimum atomic E-state index is -4.50. The summed E-state index contributed by atoms with van der Waals surface area (Å²) >= 11 is 1.41. The van der Waals surface area contributed by atoms with Gasteiger partial charge in [0.1, 0.15) is 18.4 Å². The molecule has 1 fully saturated rings. The molecule has 1 aromatic heterocycles. The third-order valence-electron chi connectivity index (χ3n) is 4.45. The van der Waals surface area contributed by atoms with Gasteiger partial charge in [-0.15, -0.1) is 11.3 Å². The highest BCUT2D eigenvalue weighted by Crippen LogP contribution is 2.29. The topological polar surface area (TPSA) is 49.4 Å². The molecule has 0 bridgehead atoms. The van der Waals surface area contributed by atoms with Gasteiger partial charge in [-0.3, -0.25) is 9.59 Å². The maximum absolute atomic E-state index is 13.0. The lowest BCUT2D eigenvalue weighted by atomic mass is 10.2. The highest BCUT2D eigenvalue weighted by Gasteiger charge is 2.35. The van der Waals surface area contributed by atoms with Gasteiger partial charge in [0.2, 0.25) is 11.8 Å². The SMILES string of the molecule is O=C(NCC(F)(F)F)C1CCCN1C(=O)C=Cc1ccc(-c2ccc(F)cc2)s1. The Morgan fingerprint density at radius 2 is 1.90 bits per heavy atom. The second-order valence-corrected chi connectivity index (χ2v) is 7.68. The summed E-state index contributed by atoms with van der Waals surface area (Å²) in [5.74, 6) is -1.54. The van der Waals surface area contributed by atoms with Crippen LogP contribution in [0.25, 0.3) is 16.5 Å². The van der Waals surface area contributed by atoms with E-state index in [2.05, 4.69) is 0 Å². The van der Waals surface area contributed by atoms with E-state index in [9.17, 15) is 27.2 Å². The Kier molecular flexibility index (Phi) is 6.36. The van der Waals surface area contributed by atoms with Crippen molar-refractivity contribution in [2.75, 3.05) is 13.1 Å². The molecule has 0 saturated carbocycles. The zero-order valence-corrected chi connectivity index (χ0v) is 16.0. The van der Waals surface area contributed by atoms with Gasteiger partial charge in [-0.25, -0.2) is 4.39 Å². The first-order valence-electron chi connectivity index (χ1n) is 8.92. The highest BCUT2D eigenvalue weighted by molar-refractivity contribution is 7.16. The molecule has 1 N–H and O–H groups in total. The number of alkyl halides is 3. The van der Waals surface area contributed by atoms with Crippen LogP contribution in [0.5, 0.6) is 0 Å². The van der Waals surface area contributed by atoms with Crippen LogP contribution in [-0.4, -0.2) is 42.0 Å². The molecule has 1 aliphatic rings. The average molecular weight is 426 g/mol. The Hall–Kier alpha value is -2.68. The number of hydrogen-bond acceptors (Lipinski definition) is 3. The summed E-state index contributed by atoms with van der Waals surface area (Å²) in [6.07, 6.45) is -0.697. The van der Waals surface area contributed by atoms with Crippen molar-refractivity contribution in [3.63, 3.8) is 0 Å². The third-order valence-corrected chi connectivity index (χ3v) is 5.55. The standard InChI is InChI=1S/C20H18F4N2O2S/c21-14-5-3-13(4-6-14)17-9-7-15(29-17)8-10-18(27)26-11-1-2-16(26)19(28)25-12-20(22,23)24/h3-10,16H,1-2,11-12H2,(H,25,28). The molecule has 2 amide bonds. The number of rotatable bonds is 5. The Labute approximate surface area is 168 Å². The number of carbonyl (C=O) groups excluding carboxylic acids is 2. The monoisotopic (exact) mass is 426 g/mol. The lowest BCUT2D eigenvalue weighted by Crippen LogP contribution is -2.47. The van der Waals surface area contributed by atoms with Gasteiger partial charge in [-0.05, 0) is 48.7 Å². The molecular formula is C20H18F4N2O2S. The number of nitrogens with zero attached hydrogens (tertiary/aromatic N) is 1. The molecule has 29 heavy (non-hydrogen) atoms. The second kappa shape index (κ2) is 8.77. The number of carbonyl (C=O) groups is 2. The molecule has 1 aromatic carbocycles. The van der Waals surface area contributed by atoms with Crippen molar-refractivity contribution >= 4 is 29.2 Å². The minimum Gasteiger partial charge on any atom is -0.345 e. The fourth-order valence-corrected chi connectivity index (χ4v) is 3.99. The molecule has 4 nitrogen and oxygen atoms in total. The van der Waals surface area contributed by atoms with Crippen LogP contribution >= 0.6 is 11.3 Å². The van der Waals surface area contributed by atoms with E-state index in [1.54, 1.807) is 18.2 Å². The maximum atomic E-state index is 13.0. The maximum Gasteiger partial charge on any atom is 0.405 e. The molecule has 0 radical (unpaired) electrons. The van der Waals surface area contributed by atoms with Crippen molar-refractivity contribution in [1.29, 1.82) is 0 Å². The van der Waals surface area contributed by atoms with Gasteiger partial charge in [0.15, 0.2) is 0 Å². The summed E-state index contributed by atoms with van der Waals surface area (Å²) in [6.45, 7) is -1.10. The van der Waals surface area contributed by atoms with E-state index >= 15 is 0 Å². The number of thiophene rings is 1. The fourth-order valence-electron chi connectivity index (χ4n) is 3.07. The average Bonchev–Trinajstić information content (AvgIpc) is 3.34. The van der Waals surface area contributed by atoms with E-state index in [0.29, 0.717) is 19.4 Å². The van der Waals surface area contributed by atoms with Crippen molar-refractivity contribution in [2.45, 2.75) is 25.1 Å². The third kappa shape index (κ3) is 5.66. The summed E-state index contributed by atoms with van der Waals surface area (Å²) in [6, 6.07) is 8.82. The van der Waals surface area contributed by atoms with Crippen molar-refractivity contribution in [2.24, 2.45) is 0 Å². The Morgan fingerprint density at radius 1 is 1.17 bits per heavy atom. The molecule has 1 atom stereocenters. The predicted molar refractivity (Wildman–Crippen MR) is 103 cm³/mol. The van der Waals surface area contributed by atoms with Crippen LogP contribution in [0.2, 0.25) is 0 Å². The van der Waals surface area contributed by atoms with Crippen molar-refractivity contribution in [1.82, 2.24) is 10.2 Å². The molecule has 1 saturated heterocycles. The first kappa shape index (κ1) is 21.0. The lowest BCUT2D eigenvalue weighted by Gasteiger charge is -2.22. The molecular weight excluding hydrogens is 408 g/mol. The minimum absolute atomic E-state index is 0.318. The van der Waals surface area contributed by atoms with Crippen LogP contribution in [0.4, 0.5) is 17.6 Å². The lowest BCUT2D eigenvalue weighted by molar-refractivity contribution is -0.143. The normalized spacial score (nSPS) is 17.1. The number of likely N-dealkylation sites (tertiary alicyclic amines) is 1. The molecule has 1 unspecified atom stereocenters. The highest BCUT2D eigenvalue weighted by atomic mass is 32.1. The van der Waals surface area contributed by atoms with Crippen molar-refractivity contribution in [3.05, 3.63) is 53.2 Å². The Bertz CT molecular complexity index is 906. The quantitative estimate of drug-likeness (QED) is 0.575. The van der Waals surface area contributed by atoms with Gasteiger partial charge in [0.25, 0.3) is 0 Å². The van der Waals surface area contributed by atoms with Gasteiger partial charge < -0.3 is 10.2 Å². The van der Waals surface area contributed by atoms with Gasteiger partial charge >= 0.3 is 6.18 Å². The molecule has 0 spiro atoms. The van der Waals surface area contributed by atoms with E-state index in [4.69, 9.17) is 0 Å². The van der Waals surface area contributed by atoms with Crippen LogP contribution in [0.1, 0.15) is 17.7 Å². The molecule has 1 aliphatic heterocycles. The molecule has 2 aromatic rings. The molecule has 2 heterocycles. The number of nitrogens with one attached hydrogen (secondary N) is 1. The number of hydrogen-bond donors (Lipinski definition) is 1. The van der Waals surface area contributed by atoms with E-state index in [1.165, 1.54) is 34.4 Å².